The highest BCUT2D eigenvalue weighted by molar-refractivity contribution is 7.90. The number of sulfonamides is 1. The average molecular weight is 366 g/mol. The molecule has 1 aliphatic heterocycles. The van der Waals surface area contributed by atoms with E-state index in [1.165, 1.54) is 6.07 Å². The van der Waals surface area contributed by atoms with E-state index in [1.54, 1.807) is 36.4 Å². The van der Waals surface area contributed by atoms with Gasteiger partial charge in [0.25, 0.3) is 10.0 Å². The first kappa shape index (κ1) is 16.6. The van der Waals surface area contributed by atoms with E-state index < -0.39 is 10.0 Å². The molecule has 0 aliphatic carbocycles. The van der Waals surface area contributed by atoms with E-state index >= 15 is 0 Å². The van der Waals surface area contributed by atoms with Crippen molar-refractivity contribution >= 4 is 33.3 Å². The van der Waals surface area contributed by atoms with Crippen molar-refractivity contribution in [2.75, 3.05) is 11.9 Å². The average Bonchev–Trinajstić information content (AvgIpc) is 2.55. The summed E-state index contributed by atoms with van der Waals surface area (Å²) in [6, 6.07) is 11.8. The molecule has 0 spiro atoms. The number of aliphatic imine (C=N–C) groups is 1. The van der Waals surface area contributed by atoms with E-state index in [-0.39, 0.29) is 10.9 Å². The molecule has 8 heteroatoms. The van der Waals surface area contributed by atoms with Gasteiger partial charge in [-0.2, -0.15) is 0 Å². The summed E-state index contributed by atoms with van der Waals surface area (Å²) in [5.74, 6) is 0.978. The Morgan fingerprint density at radius 1 is 1.12 bits per heavy atom. The van der Waals surface area contributed by atoms with Gasteiger partial charge in [0.05, 0.1) is 5.02 Å². The van der Waals surface area contributed by atoms with Crippen LogP contribution in [0.1, 0.15) is 13.3 Å². The molecule has 0 radical (unpaired) electrons. The zero-order valence-electron chi connectivity index (χ0n) is 12.9. The summed E-state index contributed by atoms with van der Waals surface area (Å²) in [5.41, 5.74) is 0.339. The number of halogens is 1. The van der Waals surface area contributed by atoms with Crippen molar-refractivity contribution < 1.29 is 13.2 Å². The Balaban J connectivity index is 2.04. The highest BCUT2D eigenvalue weighted by Crippen LogP contribution is 2.38. The van der Waals surface area contributed by atoms with Gasteiger partial charge < -0.3 is 10.1 Å². The van der Waals surface area contributed by atoms with Crippen LogP contribution in [0.25, 0.3) is 0 Å². The van der Waals surface area contributed by atoms with E-state index in [0.29, 0.717) is 28.8 Å². The SMILES string of the molecule is CCCN=C1Nc2c(Oc3ccccc3Cl)cccc2S(=O)(=O)N1. The van der Waals surface area contributed by atoms with Crippen molar-refractivity contribution in [3.8, 4) is 11.5 Å². The number of para-hydroxylation sites is 2. The summed E-state index contributed by atoms with van der Waals surface area (Å²) >= 11 is 6.11. The minimum atomic E-state index is -3.70. The zero-order valence-corrected chi connectivity index (χ0v) is 14.5. The predicted octanol–water partition coefficient (Wildman–Crippen LogP) is 3.60. The maximum absolute atomic E-state index is 12.4. The van der Waals surface area contributed by atoms with Gasteiger partial charge >= 0.3 is 0 Å². The lowest BCUT2D eigenvalue weighted by Crippen LogP contribution is -2.41. The Morgan fingerprint density at radius 3 is 2.62 bits per heavy atom. The number of nitrogens with one attached hydrogen (secondary N) is 2. The van der Waals surface area contributed by atoms with Gasteiger partial charge in [0.2, 0.25) is 5.96 Å². The number of hydrogen-bond acceptors (Lipinski definition) is 4. The van der Waals surface area contributed by atoms with Gasteiger partial charge in [0.1, 0.15) is 16.3 Å². The van der Waals surface area contributed by atoms with Crippen LogP contribution in [0.4, 0.5) is 5.69 Å². The minimum Gasteiger partial charge on any atom is -0.454 e. The Labute approximate surface area is 145 Å². The molecule has 0 saturated heterocycles. The second kappa shape index (κ2) is 6.70. The number of hydrogen-bond donors (Lipinski definition) is 2. The third kappa shape index (κ3) is 3.32. The van der Waals surface area contributed by atoms with Gasteiger partial charge in [0.15, 0.2) is 5.75 Å². The quantitative estimate of drug-likeness (QED) is 0.867. The van der Waals surface area contributed by atoms with Crippen molar-refractivity contribution in [3.05, 3.63) is 47.5 Å². The molecule has 3 rings (SSSR count). The Bertz CT molecular complexity index is 897. The molecular weight excluding hydrogens is 350 g/mol. The third-order valence-electron chi connectivity index (χ3n) is 3.30. The number of guanidine groups is 1. The normalized spacial score (nSPS) is 16.8. The summed E-state index contributed by atoms with van der Waals surface area (Å²) in [5, 5.41) is 3.42. The first-order valence-electron chi connectivity index (χ1n) is 7.41. The number of anilines is 1. The molecule has 24 heavy (non-hydrogen) atoms. The fourth-order valence-corrected chi connectivity index (χ4v) is 3.54. The standard InChI is InChI=1S/C16H16ClN3O3S/c1-2-10-18-16-19-15-13(23-12-7-4-3-6-11(12)17)8-5-9-14(15)24(21,22)20-16/h3-9H,2,10H2,1H3,(H2,18,19,20). The molecule has 0 amide bonds. The predicted molar refractivity (Wildman–Crippen MR) is 94.5 cm³/mol. The number of benzene rings is 2. The molecule has 0 atom stereocenters. The molecule has 0 saturated carbocycles. The van der Waals surface area contributed by atoms with Crippen molar-refractivity contribution in [1.29, 1.82) is 0 Å². The van der Waals surface area contributed by atoms with Gasteiger partial charge in [-0.15, -0.1) is 0 Å². The minimum absolute atomic E-state index is 0.0995. The van der Waals surface area contributed by atoms with Crippen molar-refractivity contribution in [2.45, 2.75) is 18.2 Å². The molecule has 0 bridgehead atoms. The summed E-state index contributed by atoms with van der Waals surface area (Å²) < 4.78 is 33.0. The summed E-state index contributed by atoms with van der Waals surface area (Å²) in [4.78, 5) is 4.30. The molecule has 2 aromatic carbocycles. The molecule has 0 unspecified atom stereocenters. The highest BCUT2D eigenvalue weighted by atomic mass is 35.5. The van der Waals surface area contributed by atoms with Gasteiger partial charge in [-0.25, -0.2) is 13.1 Å². The summed E-state index contributed by atoms with van der Waals surface area (Å²) in [6.45, 7) is 2.47. The maximum atomic E-state index is 12.4. The lowest BCUT2D eigenvalue weighted by molar-refractivity contribution is 0.483. The smallest absolute Gasteiger partial charge is 0.266 e. The molecule has 1 heterocycles. The second-order valence-electron chi connectivity index (χ2n) is 5.12. The molecule has 0 aromatic heterocycles. The Kier molecular flexibility index (Phi) is 4.64. The third-order valence-corrected chi connectivity index (χ3v) is 5.00. The van der Waals surface area contributed by atoms with Crippen LogP contribution in [0.2, 0.25) is 5.02 Å². The van der Waals surface area contributed by atoms with Crippen LogP contribution in [-0.4, -0.2) is 20.9 Å². The van der Waals surface area contributed by atoms with Gasteiger partial charge in [-0.05, 0) is 30.7 Å². The zero-order chi connectivity index (χ0) is 17.2. The van der Waals surface area contributed by atoms with Crippen LogP contribution < -0.4 is 14.8 Å². The van der Waals surface area contributed by atoms with Gasteiger partial charge in [-0.1, -0.05) is 36.7 Å². The fourth-order valence-electron chi connectivity index (χ4n) is 2.21. The fraction of sp³-hybridized carbons (Fsp3) is 0.188. The van der Waals surface area contributed by atoms with Gasteiger partial charge in [0, 0.05) is 6.54 Å². The number of ether oxygens (including phenoxy) is 1. The molecule has 6 nitrogen and oxygen atoms in total. The van der Waals surface area contributed by atoms with Crippen LogP contribution >= 0.6 is 11.6 Å². The molecule has 2 aromatic rings. The molecular formula is C16H16ClN3O3S. The molecule has 126 valence electrons. The van der Waals surface area contributed by atoms with E-state index in [2.05, 4.69) is 15.0 Å². The highest BCUT2D eigenvalue weighted by Gasteiger charge is 2.29. The molecule has 0 fully saturated rings. The van der Waals surface area contributed by atoms with Crippen LogP contribution in [0.5, 0.6) is 11.5 Å². The lowest BCUT2D eigenvalue weighted by Gasteiger charge is -2.23. The largest absolute Gasteiger partial charge is 0.454 e. The Morgan fingerprint density at radius 2 is 1.88 bits per heavy atom. The molecule has 2 N–H and O–H groups in total. The number of nitrogens with zero attached hydrogens (tertiary/aromatic N) is 1. The molecule has 1 aliphatic rings. The van der Waals surface area contributed by atoms with Gasteiger partial charge in [-0.3, -0.25) is 4.99 Å². The number of fused-ring (bicyclic) bond motifs is 1. The van der Waals surface area contributed by atoms with E-state index in [1.807, 2.05) is 6.92 Å². The topological polar surface area (TPSA) is 79.8 Å². The lowest BCUT2D eigenvalue weighted by atomic mass is 10.2. The van der Waals surface area contributed by atoms with Crippen LogP contribution in [0.15, 0.2) is 52.4 Å². The maximum Gasteiger partial charge on any atom is 0.266 e. The Hall–Kier alpha value is -2.25. The van der Waals surface area contributed by atoms with Crippen LogP contribution in [0, 0.1) is 0 Å². The van der Waals surface area contributed by atoms with E-state index in [0.717, 1.165) is 6.42 Å². The summed E-state index contributed by atoms with van der Waals surface area (Å²) in [7, 11) is -3.70. The monoisotopic (exact) mass is 365 g/mol. The first-order valence-corrected chi connectivity index (χ1v) is 9.27. The van der Waals surface area contributed by atoms with Crippen molar-refractivity contribution in [3.63, 3.8) is 0 Å². The van der Waals surface area contributed by atoms with E-state index in [9.17, 15) is 8.42 Å². The van der Waals surface area contributed by atoms with Crippen molar-refractivity contribution in [1.82, 2.24) is 4.72 Å². The second-order valence-corrected chi connectivity index (χ2v) is 7.18. The summed E-state index contributed by atoms with van der Waals surface area (Å²) in [6.07, 6.45) is 0.803. The van der Waals surface area contributed by atoms with E-state index in [4.69, 9.17) is 16.3 Å². The number of rotatable bonds is 4. The van der Waals surface area contributed by atoms with Crippen LogP contribution in [0.3, 0.4) is 0 Å². The first-order chi connectivity index (χ1) is 11.5. The van der Waals surface area contributed by atoms with Crippen molar-refractivity contribution in [2.24, 2.45) is 4.99 Å². The van der Waals surface area contributed by atoms with Crippen LogP contribution in [-0.2, 0) is 10.0 Å².